The van der Waals surface area contributed by atoms with Crippen LogP contribution in [0.3, 0.4) is 0 Å². The highest BCUT2D eigenvalue weighted by Gasteiger charge is 2.11. The Morgan fingerprint density at radius 3 is 2.50 bits per heavy atom. The van der Waals surface area contributed by atoms with Crippen molar-refractivity contribution >= 4 is 57.1 Å². The second-order valence-corrected chi connectivity index (χ2v) is 5.96. The van der Waals surface area contributed by atoms with E-state index in [1.165, 1.54) is 10.4 Å². The van der Waals surface area contributed by atoms with Gasteiger partial charge in [0.05, 0.1) is 5.39 Å². The summed E-state index contributed by atoms with van der Waals surface area (Å²) in [5.74, 6) is 0.842. The molecule has 20 heavy (non-hydrogen) atoms. The summed E-state index contributed by atoms with van der Waals surface area (Å²) in [6.07, 6.45) is 1.59. The van der Waals surface area contributed by atoms with Crippen molar-refractivity contribution in [2.24, 2.45) is 0 Å². The van der Waals surface area contributed by atoms with Crippen LogP contribution in [0.15, 0.2) is 30.6 Å². The molecule has 0 aliphatic rings. The average molecular weight is 326 g/mol. The maximum atomic E-state index is 5.89. The Morgan fingerprint density at radius 1 is 1.10 bits per heavy atom. The van der Waals surface area contributed by atoms with E-state index in [-0.39, 0.29) is 12.4 Å². The van der Waals surface area contributed by atoms with Crippen LogP contribution in [0.4, 0.5) is 11.5 Å². The van der Waals surface area contributed by atoms with Crippen molar-refractivity contribution in [2.45, 2.75) is 13.8 Å². The third-order valence-corrected chi connectivity index (χ3v) is 4.44. The van der Waals surface area contributed by atoms with Crippen LogP contribution in [-0.4, -0.2) is 9.97 Å². The predicted molar refractivity (Wildman–Crippen MR) is 88.9 cm³/mol. The van der Waals surface area contributed by atoms with Crippen molar-refractivity contribution < 1.29 is 0 Å². The third-order valence-electron chi connectivity index (χ3n) is 3.07. The first-order chi connectivity index (χ1) is 9.15. The van der Waals surface area contributed by atoms with Crippen LogP contribution in [0.25, 0.3) is 10.2 Å². The molecule has 0 aliphatic heterocycles. The van der Waals surface area contributed by atoms with Crippen LogP contribution in [0.2, 0.25) is 5.02 Å². The third kappa shape index (κ3) is 2.73. The van der Waals surface area contributed by atoms with Crippen LogP contribution in [-0.2, 0) is 0 Å². The molecule has 3 aromatic rings. The molecule has 104 valence electrons. The van der Waals surface area contributed by atoms with Gasteiger partial charge in [-0.2, -0.15) is 0 Å². The summed E-state index contributed by atoms with van der Waals surface area (Å²) < 4.78 is 0. The van der Waals surface area contributed by atoms with E-state index in [0.717, 1.165) is 26.7 Å². The SMILES string of the molecule is Cc1sc2ncnc(Nc3ccc(Cl)cc3)c2c1C.Cl. The molecule has 0 aliphatic carbocycles. The Balaban J connectivity index is 0.00000147. The largest absolute Gasteiger partial charge is 0.340 e. The Bertz CT molecular complexity index is 738. The van der Waals surface area contributed by atoms with Crippen LogP contribution in [0, 0.1) is 13.8 Å². The molecule has 0 bridgehead atoms. The van der Waals surface area contributed by atoms with Gasteiger partial charge in [0.2, 0.25) is 0 Å². The molecule has 0 spiro atoms. The molecule has 6 heteroatoms. The zero-order valence-electron chi connectivity index (χ0n) is 11.0. The number of fused-ring (bicyclic) bond motifs is 1. The van der Waals surface area contributed by atoms with Gasteiger partial charge in [-0.15, -0.1) is 23.7 Å². The minimum atomic E-state index is 0. The van der Waals surface area contributed by atoms with Crippen molar-refractivity contribution in [3.8, 4) is 0 Å². The highest BCUT2D eigenvalue weighted by molar-refractivity contribution is 7.18. The summed E-state index contributed by atoms with van der Waals surface area (Å²) in [5, 5.41) is 5.15. The molecule has 0 fully saturated rings. The van der Waals surface area contributed by atoms with Gasteiger partial charge >= 0.3 is 0 Å². The number of thiophene rings is 1. The van der Waals surface area contributed by atoms with Gasteiger partial charge in [0.25, 0.3) is 0 Å². The van der Waals surface area contributed by atoms with Crippen molar-refractivity contribution in [1.29, 1.82) is 0 Å². The molecule has 1 N–H and O–H groups in total. The fourth-order valence-corrected chi connectivity index (χ4v) is 3.07. The van der Waals surface area contributed by atoms with E-state index < -0.39 is 0 Å². The lowest BCUT2D eigenvalue weighted by Crippen LogP contribution is -1.95. The minimum absolute atomic E-state index is 0. The highest BCUT2D eigenvalue weighted by Crippen LogP contribution is 2.33. The summed E-state index contributed by atoms with van der Waals surface area (Å²) in [5.41, 5.74) is 2.20. The summed E-state index contributed by atoms with van der Waals surface area (Å²) in [4.78, 5) is 11.0. The van der Waals surface area contributed by atoms with Crippen molar-refractivity contribution in [3.63, 3.8) is 0 Å². The van der Waals surface area contributed by atoms with E-state index in [4.69, 9.17) is 11.6 Å². The first-order valence-corrected chi connectivity index (χ1v) is 7.08. The molecule has 1 aromatic carbocycles. The van der Waals surface area contributed by atoms with Gasteiger partial charge in [-0.25, -0.2) is 9.97 Å². The van der Waals surface area contributed by atoms with Gasteiger partial charge in [-0.3, -0.25) is 0 Å². The molecule has 3 rings (SSSR count). The predicted octanol–water partition coefficient (Wildman–Crippen LogP) is 5.13. The molecule has 3 nitrogen and oxygen atoms in total. The number of nitrogens with zero attached hydrogens (tertiary/aromatic N) is 2. The first kappa shape index (κ1) is 15.0. The highest BCUT2D eigenvalue weighted by atomic mass is 35.5. The number of aryl methyl sites for hydroxylation is 2. The van der Waals surface area contributed by atoms with E-state index in [1.807, 2.05) is 24.3 Å². The van der Waals surface area contributed by atoms with Crippen LogP contribution in [0.5, 0.6) is 0 Å². The van der Waals surface area contributed by atoms with Gasteiger partial charge in [0, 0.05) is 15.6 Å². The molecule has 0 saturated heterocycles. The van der Waals surface area contributed by atoms with Gasteiger partial charge in [-0.1, -0.05) is 11.6 Å². The number of hydrogen-bond acceptors (Lipinski definition) is 4. The summed E-state index contributed by atoms with van der Waals surface area (Å²) in [6.45, 7) is 4.21. The molecule has 0 unspecified atom stereocenters. The molecule has 2 aromatic heterocycles. The smallest absolute Gasteiger partial charge is 0.142 e. The molecule has 0 atom stereocenters. The topological polar surface area (TPSA) is 37.8 Å². The van der Waals surface area contributed by atoms with Crippen molar-refractivity contribution in [1.82, 2.24) is 9.97 Å². The van der Waals surface area contributed by atoms with E-state index in [0.29, 0.717) is 0 Å². The minimum Gasteiger partial charge on any atom is -0.340 e. The zero-order chi connectivity index (χ0) is 13.4. The van der Waals surface area contributed by atoms with Gasteiger partial charge in [-0.05, 0) is 43.7 Å². The number of anilines is 2. The molecular weight excluding hydrogens is 313 g/mol. The Hall–Kier alpha value is -1.36. The number of benzene rings is 1. The van der Waals surface area contributed by atoms with Crippen LogP contribution < -0.4 is 5.32 Å². The average Bonchev–Trinajstić information content (AvgIpc) is 2.69. The van der Waals surface area contributed by atoms with E-state index >= 15 is 0 Å². The van der Waals surface area contributed by atoms with Gasteiger partial charge in [0.1, 0.15) is 17.0 Å². The summed E-state index contributed by atoms with van der Waals surface area (Å²) in [7, 11) is 0. The maximum absolute atomic E-state index is 5.89. The second-order valence-electron chi connectivity index (χ2n) is 4.32. The molecule has 2 heterocycles. The Kier molecular flexibility index (Phi) is 4.48. The Morgan fingerprint density at radius 2 is 1.80 bits per heavy atom. The van der Waals surface area contributed by atoms with E-state index in [2.05, 4.69) is 29.1 Å². The molecule has 0 amide bonds. The molecule has 0 saturated carbocycles. The lowest BCUT2D eigenvalue weighted by molar-refractivity contribution is 1.22. The monoisotopic (exact) mass is 325 g/mol. The summed E-state index contributed by atoms with van der Waals surface area (Å²) >= 11 is 7.58. The normalized spacial score (nSPS) is 10.3. The number of nitrogens with one attached hydrogen (secondary N) is 1. The first-order valence-electron chi connectivity index (χ1n) is 5.88. The Labute approximate surface area is 132 Å². The number of hydrogen-bond donors (Lipinski definition) is 1. The van der Waals surface area contributed by atoms with Crippen molar-refractivity contribution in [3.05, 3.63) is 46.1 Å². The quantitative estimate of drug-likeness (QED) is 0.710. The standard InChI is InChI=1S/C14H12ClN3S.ClH/c1-8-9(2)19-14-12(8)13(16-7-17-14)18-11-5-3-10(15)4-6-11;/h3-7H,1-2H3,(H,16,17,18);1H. The van der Waals surface area contributed by atoms with Crippen molar-refractivity contribution in [2.75, 3.05) is 5.32 Å². The maximum Gasteiger partial charge on any atom is 0.142 e. The lowest BCUT2D eigenvalue weighted by atomic mass is 10.2. The fourth-order valence-electron chi connectivity index (χ4n) is 1.95. The van der Waals surface area contributed by atoms with Crippen LogP contribution in [0.1, 0.15) is 10.4 Å². The zero-order valence-corrected chi connectivity index (χ0v) is 13.4. The molecule has 0 radical (unpaired) electrons. The van der Waals surface area contributed by atoms with Crippen LogP contribution >= 0.6 is 35.3 Å². The number of rotatable bonds is 2. The van der Waals surface area contributed by atoms with E-state index in [9.17, 15) is 0 Å². The molecular formula is C14H13Cl2N3S. The van der Waals surface area contributed by atoms with Gasteiger partial charge in [0.15, 0.2) is 0 Å². The second kappa shape index (κ2) is 5.95. The fraction of sp³-hybridized carbons (Fsp3) is 0.143. The van der Waals surface area contributed by atoms with E-state index in [1.54, 1.807) is 17.7 Å². The number of aromatic nitrogens is 2. The summed E-state index contributed by atoms with van der Waals surface area (Å²) in [6, 6.07) is 7.58. The number of halogens is 2. The lowest BCUT2D eigenvalue weighted by Gasteiger charge is -2.07. The van der Waals surface area contributed by atoms with Gasteiger partial charge < -0.3 is 5.32 Å².